The summed E-state index contributed by atoms with van der Waals surface area (Å²) >= 11 is 0. The van der Waals surface area contributed by atoms with E-state index < -0.39 is 21.5 Å². The van der Waals surface area contributed by atoms with Crippen LogP contribution in [0.1, 0.15) is 10.4 Å². The second kappa shape index (κ2) is 9.11. The first-order chi connectivity index (χ1) is 18.1. The Morgan fingerprint density at radius 1 is 0.872 bits per heavy atom. The molecule has 1 aliphatic heterocycles. The highest BCUT2D eigenvalue weighted by molar-refractivity contribution is 6.61. The fourth-order valence-corrected chi connectivity index (χ4v) is 5.42. The Morgan fingerprint density at radius 2 is 1.54 bits per heavy atom. The van der Waals surface area contributed by atoms with E-state index in [4.69, 9.17) is 9.72 Å². The van der Waals surface area contributed by atoms with Gasteiger partial charge in [0.2, 0.25) is 0 Å². The maximum absolute atomic E-state index is 13.4. The lowest BCUT2D eigenvalue weighted by Gasteiger charge is -2.69. The molecule has 1 amide bonds. The monoisotopic (exact) mass is 511 g/mol. The lowest BCUT2D eigenvalue weighted by Crippen LogP contribution is -2.86. The second-order valence-electron chi connectivity index (χ2n) is 12.3. The number of aryl methyl sites for hydroxylation is 1. The number of carbonyl (C=O) groups is 1. The van der Waals surface area contributed by atoms with Gasteiger partial charge in [-0.05, 0) is 40.3 Å². The molecule has 5 rings (SSSR count). The lowest BCUT2D eigenvalue weighted by molar-refractivity contribution is -0.0256. The smallest absolute Gasteiger partial charge is 0.257 e. The van der Waals surface area contributed by atoms with Gasteiger partial charge in [0.1, 0.15) is 74.4 Å². The van der Waals surface area contributed by atoms with Gasteiger partial charge in [-0.3, -0.25) is 9.78 Å². The molecule has 17 heteroatoms. The van der Waals surface area contributed by atoms with E-state index in [0.717, 1.165) is 28.0 Å². The van der Waals surface area contributed by atoms with Gasteiger partial charge in [-0.25, -0.2) is 15.0 Å². The zero-order valence-electron chi connectivity index (χ0n) is 24.2. The van der Waals surface area contributed by atoms with Crippen molar-refractivity contribution >= 4 is 91.1 Å². The van der Waals surface area contributed by atoms with Crippen LogP contribution in [-0.4, -0.2) is 115 Å². The van der Waals surface area contributed by atoms with Crippen molar-refractivity contribution < 1.29 is 9.53 Å². The molecule has 188 valence electrons. The molecule has 4 aromatic rings. The van der Waals surface area contributed by atoms with Crippen LogP contribution in [0.15, 0.2) is 55.4 Å². The zero-order valence-corrected chi connectivity index (χ0v) is 24.2. The molecule has 9 nitrogen and oxygen atoms in total. The van der Waals surface area contributed by atoms with Crippen molar-refractivity contribution in [3.8, 4) is 11.4 Å². The minimum Gasteiger partial charge on any atom is -0.402 e. The number of pyridine rings is 3. The Kier molecular flexibility index (Phi) is 6.37. The molecule has 1 saturated heterocycles. The number of imidazole rings is 1. The van der Waals surface area contributed by atoms with Crippen LogP contribution < -0.4 is 10.2 Å². The van der Waals surface area contributed by atoms with E-state index in [2.05, 4.69) is 87.9 Å². The third-order valence-corrected chi connectivity index (χ3v) is 8.74. The first-order valence-electron chi connectivity index (χ1n) is 13.1. The van der Waals surface area contributed by atoms with Gasteiger partial charge in [0.05, 0.1) is 23.9 Å². The van der Waals surface area contributed by atoms with E-state index in [9.17, 15) is 4.79 Å². The molecule has 0 spiro atoms. The van der Waals surface area contributed by atoms with E-state index in [0.29, 0.717) is 11.4 Å². The number of morpholine rings is 1. The van der Waals surface area contributed by atoms with Crippen molar-refractivity contribution in [2.24, 2.45) is 7.05 Å². The highest BCUT2D eigenvalue weighted by Gasteiger charge is 2.58. The highest BCUT2D eigenvalue weighted by atomic mass is 16.5. The largest absolute Gasteiger partial charge is 0.402 e. The van der Waals surface area contributed by atoms with Crippen molar-refractivity contribution in [2.75, 3.05) is 10.2 Å². The van der Waals surface area contributed by atoms with Crippen molar-refractivity contribution in [2.45, 2.75) is 21.5 Å². The molecule has 0 bridgehead atoms. The van der Waals surface area contributed by atoms with E-state index in [-0.39, 0.29) is 5.91 Å². The van der Waals surface area contributed by atoms with Gasteiger partial charge in [-0.1, -0.05) is 0 Å². The quantitative estimate of drug-likeness (QED) is 0.274. The van der Waals surface area contributed by atoms with E-state index in [1.54, 1.807) is 37.2 Å². The molecule has 0 aliphatic carbocycles. The molecule has 0 unspecified atom stereocenters. The molecule has 4 aromatic heterocycles. The molecular weight excluding hydrogens is 481 g/mol. The number of hydrogen-bond donors (Lipinski definition) is 1. The van der Waals surface area contributed by atoms with Crippen molar-refractivity contribution in [1.29, 1.82) is 0 Å². The van der Waals surface area contributed by atoms with E-state index in [1.807, 2.05) is 29.8 Å². The molecule has 0 radical (unpaired) electrons. The van der Waals surface area contributed by atoms with Gasteiger partial charge in [-0.2, -0.15) is 0 Å². The number of hydrogen-bond acceptors (Lipinski definition) is 7. The predicted octanol–water partition coefficient (Wildman–Crippen LogP) is -5.81. The second-order valence-corrected chi connectivity index (χ2v) is 12.3. The minimum absolute atomic E-state index is 0.256. The fourth-order valence-electron chi connectivity index (χ4n) is 5.42. The Bertz CT molecular complexity index is 1570. The molecule has 39 heavy (non-hydrogen) atoms. The number of anilines is 2. The number of nitrogens with one attached hydrogen (secondary N) is 1. The minimum atomic E-state index is -0.468. The summed E-state index contributed by atoms with van der Waals surface area (Å²) in [4.78, 5) is 33.6. The molecular formula is C22H29B8N7O2. The maximum Gasteiger partial charge on any atom is 0.257 e. The zero-order chi connectivity index (χ0) is 28.4. The molecule has 0 saturated carbocycles. The maximum atomic E-state index is 13.4. The molecule has 5 heterocycles. The van der Waals surface area contributed by atoms with Crippen molar-refractivity contribution in [3.05, 3.63) is 60.9 Å². The highest BCUT2D eigenvalue weighted by Crippen LogP contribution is 2.42. The first kappa shape index (κ1) is 27.2. The third-order valence-electron chi connectivity index (χ3n) is 8.74. The molecule has 0 aromatic carbocycles. The summed E-state index contributed by atoms with van der Waals surface area (Å²) in [6, 6.07) is 7.40. The van der Waals surface area contributed by atoms with Crippen LogP contribution in [0, 0.1) is 0 Å². The Morgan fingerprint density at radius 3 is 2.18 bits per heavy atom. The fraction of sp³-hybridized carbons (Fsp3) is 0.227. The van der Waals surface area contributed by atoms with Crippen LogP contribution in [0.3, 0.4) is 0 Å². The summed E-state index contributed by atoms with van der Waals surface area (Å²) in [5.74, 6) is 0.927. The van der Waals surface area contributed by atoms with Crippen molar-refractivity contribution in [1.82, 2.24) is 24.5 Å². The lowest BCUT2D eigenvalue weighted by atomic mass is 9.30. The number of fused-ring (bicyclic) bond motifs is 1. The van der Waals surface area contributed by atoms with Crippen molar-refractivity contribution in [3.63, 3.8) is 0 Å². The van der Waals surface area contributed by atoms with Crippen LogP contribution >= 0.6 is 0 Å². The summed E-state index contributed by atoms with van der Waals surface area (Å²) < 4.78 is 8.52. The van der Waals surface area contributed by atoms with Gasteiger partial charge in [-0.15, -0.1) is 0 Å². The Balaban J connectivity index is 1.46. The number of ether oxygens (including phenoxy) is 1. The average Bonchev–Trinajstić information content (AvgIpc) is 3.28. The van der Waals surface area contributed by atoms with Crippen LogP contribution in [0.2, 0.25) is 0 Å². The average molecular weight is 510 g/mol. The number of amides is 1. The molecule has 0 atom stereocenters. The third kappa shape index (κ3) is 4.50. The standard InChI is InChI=1S/C22H29B8N7O2/c1-36-10-31-9-15(36)14-4-12-5-16(34-8-13(12)7-33-14)35-18(38)11-2-3-32-17(6-11)37-19(23,24)21(27,28)39-22(29,30)20(37,25)26/h2-10H,23-30H2,1H3,(H,34,35,38). The van der Waals surface area contributed by atoms with Gasteiger partial charge < -0.3 is 19.5 Å². The summed E-state index contributed by atoms with van der Waals surface area (Å²) in [7, 11) is 19.0. The Labute approximate surface area is 236 Å². The summed E-state index contributed by atoms with van der Waals surface area (Å²) in [6.07, 6.45) is 8.69. The first-order valence-corrected chi connectivity index (χ1v) is 13.1. The SMILES string of the molecule is BC1(B)OC(B)(B)C(B)(B)N(c2cc(C(=O)Nc3cc4cc(-c5cncn5C)ncc4cn3)ccn2)C1(B)B. The molecule has 1 aliphatic rings. The van der Waals surface area contributed by atoms with Crippen LogP contribution in [0.4, 0.5) is 11.6 Å². The number of aromatic nitrogens is 5. The predicted molar refractivity (Wildman–Crippen MR) is 177 cm³/mol. The number of nitrogens with zero attached hydrogens (tertiary/aromatic N) is 6. The van der Waals surface area contributed by atoms with E-state index in [1.165, 1.54) is 0 Å². The summed E-state index contributed by atoms with van der Waals surface area (Å²) in [5, 5.41) is 3.01. The van der Waals surface area contributed by atoms with Crippen LogP contribution in [0.5, 0.6) is 0 Å². The van der Waals surface area contributed by atoms with Gasteiger partial charge in [0.25, 0.3) is 5.91 Å². The summed E-state index contributed by atoms with van der Waals surface area (Å²) in [6.45, 7) is 0. The molecule has 1 N–H and O–H groups in total. The number of rotatable bonds is 4. The van der Waals surface area contributed by atoms with Gasteiger partial charge in [0.15, 0.2) is 0 Å². The number of carbonyl (C=O) groups excluding carboxylic acids is 1. The van der Waals surface area contributed by atoms with Gasteiger partial charge >= 0.3 is 0 Å². The van der Waals surface area contributed by atoms with Crippen LogP contribution in [0.25, 0.3) is 22.2 Å². The molecule has 1 fully saturated rings. The van der Waals surface area contributed by atoms with Crippen LogP contribution in [-0.2, 0) is 11.8 Å². The van der Waals surface area contributed by atoms with E-state index >= 15 is 0 Å². The van der Waals surface area contributed by atoms with Gasteiger partial charge in [0, 0.05) is 47.4 Å². The Hall–Kier alpha value is -3.33. The summed E-state index contributed by atoms with van der Waals surface area (Å²) in [5.41, 5.74) is 2.20. The normalized spacial score (nSPS) is 18.9. The topological polar surface area (TPSA) is 98.1 Å².